The molecule has 15 heavy (non-hydrogen) atoms. The van der Waals surface area contributed by atoms with Gasteiger partial charge in [-0.25, -0.2) is 0 Å². The minimum Gasteiger partial charge on any atom is -0.330 e. The fourth-order valence-corrected chi connectivity index (χ4v) is 3.86. The standard InChI is InChI=1S/C13H16ClN/c1-9-10(3-2-4-11(9)14)13-5-12(6-13,7-13)8-15/h2-4H,5-8,15H2,1H3. The van der Waals surface area contributed by atoms with Gasteiger partial charge >= 0.3 is 0 Å². The van der Waals surface area contributed by atoms with Crippen molar-refractivity contribution in [3.8, 4) is 0 Å². The van der Waals surface area contributed by atoms with Gasteiger partial charge in [-0.2, -0.15) is 0 Å². The Balaban J connectivity index is 1.94. The average molecular weight is 222 g/mol. The monoisotopic (exact) mass is 221 g/mol. The summed E-state index contributed by atoms with van der Waals surface area (Å²) in [6.07, 6.45) is 3.83. The van der Waals surface area contributed by atoms with Crippen LogP contribution in [0.1, 0.15) is 30.4 Å². The molecular weight excluding hydrogens is 206 g/mol. The van der Waals surface area contributed by atoms with Crippen LogP contribution in [0.4, 0.5) is 0 Å². The first-order valence-corrected chi connectivity index (χ1v) is 5.94. The summed E-state index contributed by atoms with van der Waals surface area (Å²) >= 11 is 6.16. The van der Waals surface area contributed by atoms with Crippen molar-refractivity contribution >= 4 is 11.6 Å². The molecule has 3 aliphatic carbocycles. The highest BCUT2D eigenvalue weighted by atomic mass is 35.5. The predicted molar refractivity (Wildman–Crippen MR) is 63.2 cm³/mol. The Morgan fingerprint density at radius 3 is 2.60 bits per heavy atom. The second-order valence-corrected chi connectivity index (χ2v) is 5.83. The Morgan fingerprint density at radius 1 is 1.33 bits per heavy atom. The highest BCUT2D eigenvalue weighted by Gasteiger charge is 2.67. The number of rotatable bonds is 2. The molecule has 1 aromatic carbocycles. The zero-order chi connectivity index (χ0) is 10.7. The van der Waals surface area contributed by atoms with E-state index in [9.17, 15) is 0 Å². The number of nitrogens with two attached hydrogens (primary N) is 1. The lowest BCUT2D eigenvalue weighted by atomic mass is 9.33. The molecule has 2 heteroatoms. The van der Waals surface area contributed by atoms with Crippen LogP contribution in [0.15, 0.2) is 18.2 Å². The van der Waals surface area contributed by atoms with Crippen LogP contribution in [0.25, 0.3) is 0 Å². The van der Waals surface area contributed by atoms with E-state index in [1.165, 1.54) is 30.4 Å². The summed E-state index contributed by atoms with van der Waals surface area (Å²) in [5.41, 5.74) is 9.45. The zero-order valence-electron chi connectivity index (χ0n) is 9.02. The number of hydrogen-bond donors (Lipinski definition) is 1. The van der Waals surface area contributed by atoms with Crippen LogP contribution in [-0.2, 0) is 5.41 Å². The third kappa shape index (κ3) is 1.08. The predicted octanol–water partition coefficient (Wildman–Crippen LogP) is 3.03. The first kappa shape index (κ1) is 9.68. The molecular formula is C13H16ClN. The summed E-state index contributed by atoms with van der Waals surface area (Å²) in [6.45, 7) is 2.99. The summed E-state index contributed by atoms with van der Waals surface area (Å²) in [4.78, 5) is 0. The minimum absolute atomic E-state index is 0.439. The lowest BCUT2D eigenvalue weighted by molar-refractivity contribution is -0.133. The van der Waals surface area contributed by atoms with Gasteiger partial charge in [-0.15, -0.1) is 0 Å². The zero-order valence-corrected chi connectivity index (χ0v) is 9.77. The van der Waals surface area contributed by atoms with E-state index < -0.39 is 0 Å². The van der Waals surface area contributed by atoms with Gasteiger partial charge < -0.3 is 5.73 Å². The van der Waals surface area contributed by atoms with E-state index in [4.69, 9.17) is 17.3 Å². The van der Waals surface area contributed by atoms with Crippen molar-refractivity contribution in [2.24, 2.45) is 11.1 Å². The van der Waals surface area contributed by atoms with Gasteiger partial charge in [0.1, 0.15) is 0 Å². The molecule has 1 nitrogen and oxygen atoms in total. The second-order valence-electron chi connectivity index (χ2n) is 5.43. The van der Waals surface area contributed by atoms with Crippen molar-refractivity contribution in [1.82, 2.24) is 0 Å². The number of hydrogen-bond acceptors (Lipinski definition) is 1. The van der Waals surface area contributed by atoms with Crippen LogP contribution < -0.4 is 5.73 Å². The first-order chi connectivity index (χ1) is 7.11. The highest BCUT2D eigenvalue weighted by molar-refractivity contribution is 6.31. The molecule has 3 saturated carbocycles. The minimum atomic E-state index is 0.439. The molecule has 0 amide bonds. The Labute approximate surface area is 95.6 Å². The van der Waals surface area contributed by atoms with Gasteiger partial charge in [0, 0.05) is 5.02 Å². The van der Waals surface area contributed by atoms with E-state index in [2.05, 4.69) is 19.1 Å². The van der Waals surface area contributed by atoms with Crippen molar-refractivity contribution in [1.29, 1.82) is 0 Å². The van der Waals surface area contributed by atoms with Crippen molar-refractivity contribution in [2.75, 3.05) is 6.54 Å². The van der Waals surface area contributed by atoms with Crippen LogP contribution in [0.5, 0.6) is 0 Å². The molecule has 2 N–H and O–H groups in total. The van der Waals surface area contributed by atoms with Gasteiger partial charge in [0.2, 0.25) is 0 Å². The first-order valence-electron chi connectivity index (χ1n) is 5.57. The van der Waals surface area contributed by atoms with Crippen LogP contribution in [-0.4, -0.2) is 6.54 Å². The molecule has 0 spiro atoms. The molecule has 3 aliphatic rings. The molecule has 2 bridgehead atoms. The van der Waals surface area contributed by atoms with Crippen LogP contribution in [0.2, 0.25) is 5.02 Å². The molecule has 80 valence electrons. The maximum atomic E-state index is 6.16. The van der Waals surface area contributed by atoms with Gasteiger partial charge in [-0.05, 0) is 60.8 Å². The lowest BCUT2D eigenvalue weighted by Gasteiger charge is -2.71. The van der Waals surface area contributed by atoms with E-state index in [1.54, 1.807) is 0 Å². The molecule has 0 aliphatic heterocycles. The molecule has 3 fully saturated rings. The van der Waals surface area contributed by atoms with Gasteiger partial charge in [0.05, 0.1) is 0 Å². The molecule has 0 atom stereocenters. The van der Waals surface area contributed by atoms with Crippen LogP contribution in [0.3, 0.4) is 0 Å². The summed E-state index contributed by atoms with van der Waals surface area (Å²) in [6, 6.07) is 6.28. The van der Waals surface area contributed by atoms with E-state index in [0.29, 0.717) is 10.8 Å². The molecule has 0 heterocycles. The Bertz CT molecular complexity index is 405. The SMILES string of the molecule is Cc1c(Cl)cccc1C12CC(CN)(C1)C2. The topological polar surface area (TPSA) is 26.0 Å². The molecule has 0 unspecified atom stereocenters. The van der Waals surface area contributed by atoms with Gasteiger partial charge in [0.25, 0.3) is 0 Å². The van der Waals surface area contributed by atoms with Gasteiger partial charge in [-0.3, -0.25) is 0 Å². The van der Waals surface area contributed by atoms with Crippen molar-refractivity contribution in [2.45, 2.75) is 31.6 Å². The fourth-order valence-electron chi connectivity index (χ4n) is 3.68. The smallest absolute Gasteiger partial charge is 0.0438 e. The number of benzene rings is 1. The summed E-state index contributed by atoms with van der Waals surface area (Å²) < 4.78 is 0. The van der Waals surface area contributed by atoms with Crippen LogP contribution >= 0.6 is 11.6 Å². The Kier molecular flexibility index (Phi) is 1.79. The van der Waals surface area contributed by atoms with Gasteiger partial charge in [-0.1, -0.05) is 23.7 Å². The molecule has 0 aromatic heterocycles. The third-order valence-corrected chi connectivity index (χ3v) is 4.82. The highest BCUT2D eigenvalue weighted by Crippen LogP contribution is 2.73. The van der Waals surface area contributed by atoms with E-state index in [1.807, 2.05) is 6.07 Å². The molecule has 1 aromatic rings. The maximum Gasteiger partial charge on any atom is 0.0438 e. The Hall–Kier alpha value is -0.530. The average Bonchev–Trinajstić information content (AvgIpc) is 2.08. The van der Waals surface area contributed by atoms with Crippen molar-refractivity contribution in [3.63, 3.8) is 0 Å². The molecule has 0 radical (unpaired) electrons. The lowest BCUT2D eigenvalue weighted by Crippen LogP contribution is -2.67. The van der Waals surface area contributed by atoms with E-state index in [-0.39, 0.29) is 0 Å². The third-order valence-electron chi connectivity index (χ3n) is 4.41. The van der Waals surface area contributed by atoms with Crippen LogP contribution in [0, 0.1) is 12.3 Å². The van der Waals surface area contributed by atoms with Crippen molar-refractivity contribution < 1.29 is 0 Å². The quantitative estimate of drug-likeness (QED) is 0.817. The summed E-state index contributed by atoms with van der Waals surface area (Å²) in [7, 11) is 0. The second kappa shape index (κ2) is 2.78. The fraction of sp³-hybridized carbons (Fsp3) is 0.538. The largest absolute Gasteiger partial charge is 0.330 e. The van der Waals surface area contributed by atoms with Gasteiger partial charge in [0.15, 0.2) is 0 Å². The molecule has 4 rings (SSSR count). The summed E-state index contributed by atoms with van der Waals surface area (Å²) in [5.74, 6) is 0. The Morgan fingerprint density at radius 2 is 2.00 bits per heavy atom. The summed E-state index contributed by atoms with van der Waals surface area (Å²) in [5, 5.41) is 0.902. The van der Waals surface area contributed by atoms with E-state index >= 15 is 0 Å². The maximum absolute atomic E-state index is 6.16. The van der Waals surface area contributed by atoms with Crippen molar-refractivity contribution in [3.05, 3.63) is 34.3 Å². The molecule has 0 saturated heterocycles. The van der Waals surface area contributed by atoms with E-state index in [0.717, 1.165) is 11.6 Å². The normalized spacial score (nSPS) is 37.0. The number of halogens is 1.